The van der Waals surface area contributed by atoms with Gasteiger partial charge in [0, 0.05) is 0 Å². The van der Waals surface area contributed by atoms with Crippen LogP contribution in [0.15, 0.2) is 115 Å². The average Bonchev–Trinajstić information content (AvgIpc) is 3.03. The normalized spacial score (nSPS) is 12.6. The van der Waals surface area contributed by atoms with Gasteiger partial charge in [-0.15, -0.1) is 0 Å². The number of para-hydroxylation sites is 2. The van der Waals surface area contributed by atoms with Crippen LogP contribution in [0, 0.1) is 6.92 Å². The number of aromatic nitrogens is 1. The molecule has 7 heteroatoms. The summed E-state index contributed by atoms with van der Waals surface area (Å²) < 4.78 is 48.1. The van der Waals surface area contributed by atoms with Gasteiger partial charge in [-0.1, -0.05) is 0 Å². The number of fused-ring (bicyclic) bond motifs is 3. The second-order valence-electron chi connectivity index (χ2n) is 10.4. The molecule has 2 heterocycles. The van der Waals surface area contributed by atoms with E-state index in [0.717, 1.165) is 62.5 Å². The van der Waals surface area contributed by atoms with Gasteiger partial charge in [-0.05, 0) is 0 Å². The van der Waals surface area contributed by atoms with Gasteiger partial charge in [0.2, 0.25) is 0 Å². The first-order valence-electron chi connectivity index (χ1n) is 13.7. The zero-order valence-electron chi connectivity index (χ0n) is 23.3. The number of halogens is 3. The molecule has 212 valence electrons. The fourth-order valence-corrected chi connectivity index (χ4v) is 7.84. The topological polar surface area (TPSA) is 25.4 Å². The summed E-state index contributed by atoms with van der Waals surface area (Å²) in [5.41, 5.74) is 7.40. The molecule has 0 saturated heterocycles. The number of benzene rings is 5. The van der Waals surface area contributed by atoms with Crippen LogP contribution in [-0.2, 0) is 6.18 Å². The molecule has 0 bridgehead atoms. The summed E-state index contributed by atoms with van der Waals surface area (Å²) in [5.74, 6) is 0.742. The SMILES string of the molecule is COc1ccc(-c2cc(-c3ccc(C(F)(F)F)cc3)nc3c(N4c5ccccc5[Se]c5ccccc54)ccc(C)c23)cc1. The number of alkyl halides is 3. The minimum absolute atomic E-state index is 0.150. The number of pyridine rings is 1. The van der Waals surface area contributed by atoms with Crippen LogP contribution in [0.3, 0.4) is 0 Å². The molecule has 5 aromatic carbocycles. The van der Waals surface area contributed by atoms with Crippen LogP contribution in [0.1, 0.15) is 11.1 Å². The zero-order valence-corrected chi connectivity index (χ0v) is 25.0. The van der Waals surface area contributed by atoms with Crippen LogP contribution < -0.4 is 18.6 Å². The molecule has 0 radical (unpaired) electrons. The third kappa shape index (κ3) is 4.85. The number of hydrogen-bond acceptors (Lipinski definition) is 3. The summed E-state index contributed by atoms with van der Waals surface area (Å²) in [6.45, 7) is 2.07. The van der Waals surface area contributed by atoms with Crippen molar-refractivity contribution in [2.75, 3.05) is 12.0 Å². The molecule has 0 spiro atoms. The molecule has 0 unspecified atom stereocenters. The summed E-state index contributed by atoms with van der Waals surface area (Å²) in [5, 5.41) is 0.990. The number of aryl methyl sites for hydroxylation is 1. The number of nitrogens with zero attached hydrogens (tertiary/aromatic N) is 2. The standard InChI is InChI=1S/C36H25F3N2OSe/c1-22-11-20-31(41-29-7-3-5-9-32(29)43-33-10-6-4-8-30(33)41)35-34(22)27(23-14-18-26(42-2)19-15-23)21-28(40-35)24-12-16-25(17-13-24)36(37,38)39/h3-21H,1-2H3. The Morgan fingerprint density at radius 1 is 0.698 bits per heavy atom. The predicted molar refractivity (Wildman–Crippen MR) is 169 cm³/mol. The fraction of sp³-hybridized carbons (Fsp3) is 0.0833. The van der Waals surface area contributed by atoms with Crippen molar-refractivity contribution in [3.63, 3.8) is 0 Å². The first-order chi connectivity index (χ1) is 20.8. The Morgan fingerprint density at radius 3 is 1.91 bits per heavy atom. The molecule has 3 nitrogen and oxygen atoms in total. The van der Waals surface area contributed by atoms with Crippen LogP contribution in [0.2, 0.25) is 0 Å². The molecule has 6 aromatic rings. The summed E-state index contributed by atoms with van der Waals surface area (Å²) in [4.78, 5) is 7.47. The summed E-state index contributed by atoms with van der Waals surface area (Å²) in [6, 6.07) is 36.2. The van der Waals surface area contributed by atoms with E-state index in [1.165, 1.54) is 21.1 Å². The van der Waals surface area contributed by atoms with Crippen molar-refractivity contribution in [1.82, 2.24) is 4.98 Å². The minimum atomic E-state index is -4.41. The van der Waals surface area contributed by atoms with Gasteiger partial charge in [-0.25, -0.2) is 0 Å². The van der Waals surface area contributed by atoms with Gasteiger partial charge in [0.1, 0.15) is 0 Å². The third-order valence-corrected chi connectivity index (χ3v) is 10.1. The first-order valence-corrected chi connectivity index (χ1v) is 15.5. The van der Waals surface area contributed by atoms with E-state index in [2.05, 4.69) is 72.5 Å². The molecule has 1 aromatic heterocycles. The van der Waals surface area contributed by atoms with Gasteiger partial charge in [0.25, 0.3) is 0 Å². The van der Waals surface area contributed by atoms with E-state index in [1.54, 1.807) is 7.11 Å². The Hall–Kier alpha value is -4.58. The van der Waals surface area contributed by atoms with E-state index in [4.69, 9.17) is 9.72 Å². The molecule has 43 heavy (non-hydrogen) atoms. The molecule has 0 fully saturated rings. The van der Waals surface area contributed by atoms with Gasteiger partial charge < -0.3 is 0 Å². The second kappa shape index (κ2) is 10.6. The molecular weight excluding hydrogens is 612 g/mol. The summed E-state index contributed by atoms with van der Waals surface area (Å²) >= 11 is 0.150. The Balaban J connectivity index is 1.53. The Kier molecular flexibility index (Phi) is 6.72. The number of methoxy groups -OCH3 is 1. The maximum atomic E-state index is 13.4. The fourth-order valence-electron chi connectivity index (χ4n) is 5.62. The van der Waals surface area contributed by atoms with Gasteiger partial charge in [0.05, 0.1) is 7.11 Å². The average molecular weight is 638 g/mol. The van der Waals surface area contributed by atoms with Crippen molar-refractivity contribution >= 4 is 51.8 Å². The molecule has 0 atom stereocenters. The van der Waals surface area contributed by atoms with Crippen LogP contribution in [-0.4, -0.2) is 27.1 Å². The third-order valence-electron chi connectivity index (χ3n) is 7.73. The van der Waals surface area contributed by atoms with Crippen LogP contribution in [0.4, 0.5) is 30.2 Å². The quantitative estimate of drug-likeness (QED) is 0.182. The van der Waals surface area contributed by atoms with E-state index in [-0.39, 0.29) is 15.0 Å². The van der Waals surface area contributed by atoms with Crippen molar-refractivity contribution in [2.24, 2.45) is 0 Å². The molecular formula is C36H25F3N2OSe. The number of anilines is 3. The summed E-state index contributed by atoms with van der Waals surface area (Å²) in [6.07, 6.45) is -4.41. The van der Waals surface area contributed by atoms with Gasteiger partial charge in [-0.3, -0.25) is 0 Å². The van der Waals surface area contributed by atoms with E-state index < -0.39 is 11.7 Å². The number of ether oxygens (including phenoxy) is 1. The molecule has 0 amide bonds. The van der Waals surface area contributed by atoms with E-state index in [0.29, 0.717) is 11.3 Å². The van der Waals surface area contributed by atoms with Crippen molar-refractivity contribution in [2.45, 2.75) is 13.1 Å². The molecule has 0 N–H and O–H groups in total. The molecule has 1 aliphatic heterocycles. The molecule has 0 saturated carbocycles. The maximum absolute atomic E-state index is 13.4. The van der Waals surface area contributed by atoms with Gasteiger partial charge in [-0.2, -0.15) is 13.2 Å². The van der Waals surface area contributed by atoms with Crippen LogP contribution in [0.25, 0.3) is 33.3 Å². The summed E-state index contributed by atoms with van der Waals surface area (Å²) in [7, 11) is 1.63. The van der Waals surface area contributed by atoms with E-state index in [9.17, 15) is 13.2 Å². The van der Waals surface area contributed by atoms with Gasteiger partial charge in [0.15, 0.2) is 0 Å². The van der Waals surface area contributed by atoms with Gasteiger partial charge >= 0.3 is 234 Å². The van der Waals surface area contributed by atoms with Crippen molar-refractivity contribution in [3.05, 3.63) is 126 Å². The number of hydrogen-bond donors (Lipinski definition) is 0. The van der Waals surface area contributed by atoms with E-state index in [1.807, 2.05) is 30.3 Å². The Morgan fingerprint density at radius 2 is 1.30 bits per heavy atom. The molecule has 1 aliphatic rings. The monoisotopic (exact) mass is 638 g/mol. The van der Waals surface area contributed by atoms with E-state index >= 15 is 0 Å². The van der Waals surface area contributed by atoms with Crippen LogP contribution in [0.5, 0.6) is 5.75 Å². The number of rotatable bonds is 4. The molecule has 7 rings (SSSR count). The Bertz CT molecular complexity index is 1940. The second-order valence-corrected chi connectivity index (χ2v) is 12.6. The molecule has 0 aliphatic carbocycles. The van der Waals surface area contributed by atoms with Crippen molar-refractivity contribution in [1.29, 1.82) is 0 Å². The van der Waals surface area contributed by atoms with Crippen LogP contribution >= 0.6 is 0 Å². The van der Waals surface area contributed by atoms with Crippen molar-refractivity contribution in [3.8, 4) is 28.1 Å². The first kappa shape index (κ1) is 27.3. The predicted octanol–water partition coefficient (Wildman–Crippen LogP) is 8.34. The van der Waals surface area contributed by atoms with Crippen molar-refractivity contribution < 1.29 is 17.9 Å². The zero-order chi connectivity index (χ0) is 29.7. The Labute approximate surface area is 253 Å².